The highest BCUT2D eigenvalue weighted by molar-refractivity contribution is 4.76. The molecule has 1 aliphatic rings. The summed E-state index contributed by atoms with van der Waals surface area (Å²) in [5.41, 5.74) is 0. The van der Waals surface area contributed by atoms with Crippen LogP contribution in [0.25, 0.3) is 0 Å². The van der Waals surface area contributed by atoms with Gasteiger partial charge in [0.2, 0.25) is 0 Å². The number of hydrogen-bond donors (Lipinski definition) is 0. The second-order valence-electron chi connectivity index (χ2n) is 2.40. The van der Waals surface area contributed by atoms with Crippen LogP contribution in [0.3, 0.4) is 0 Å². The third-order valence-electron chi connectivity index (χ3n) is 1.51. The zero-order valence-electron chi connectivity index (χ0n) is 5.23. The maximum absolute atomic E-state index is 12.4. The van der Waals surface area contributed by atoms with Crippen molar-refractivity contribution in [2.24, 2.45) is 0 Å². The first kappa shape index (κ1) is 6.02. The molecule has 0 aromatic heterocycles. The van der Waals surface area contributed by atoms with Gasteiger partial charge < -0.3 is 4.74 Å². The van der Waals surface area contributed by atoms with Crippen LogP contribution in [0.4, 0.5) is 4.39 Å². The molecule has 1 saturated heterocycles. The summed E-state index contributed by atoms with van der Waals surface area (Å²) >= 11 is 0. The molecular formula is C6H11FO. The first-order valence-electron chi connectivity index (χ1n) is 2.99. The molecular weight excluding hydrogens is 107 g/mol. The standard InChI is InChI=1S/C6H11FO/c1-4-3-6(7)5(2)8-4/h4-6H,3H2,1-2H3. The minimum atomic E-state index is -0.731. The van der Waals surface area contributed by atoms with Gasteiger partial charge in [0.15, 0.2) is 0 Å². The van der Waals surface area contributed by atoms with E-state index in [1.165, 1.54) is 0 Å². The number of alkyl halides is 1. The molecule has 1 nitrogen and oxygen atoms in total. The molecule has 0 spiro atoms. The summed E-state index contributed by atoms with van der Waals surface area (Å²) in [5.74, 6) is 0. The molecule has 1 heterocycles. The number of hydrogen-bond acceptors (Lipinski definition) is 1. The Morgan fingerprint density at radius 2 is 2.12 bits per heavy atom. The lowest BCUT2D eigenvalue weighted by molar-refractivity contribution is 0.0496. The number of halogens is 1. The van der Waals surface area contributed by atoms with Gasteiger partial charge >= 0.3 is 0 Å². The van der Waals surface area contributed by atoms with Gasteiger partial charge in [0.05, 0.1) is 12.2 Å². The van der Waals surface area contributed by atoms with Crippen LogP contribution in [-0.2, 0) is 4.74 Å². The molecule has 48 valence electrons. The summed E-state index contributed by atoms with van der Waals surface area (Å²) in [6.07, 6.45) is -0.212. The van der Waals surface area contributed by atoms with Crippen LogP contribution in [-0.4, -0.2) is 18.4 Å². The second kappa shape index (κ2) is 2.02. The summed E-state index contributed by atoms with van der Waals surface area (Å²) in [6, 6.07) is 0. The fourth-order valence-corrected chi connectivity index (χ4v) is 1.02. The number of ether oxygens (including phenoxy) is 1. The molecule has 2 heteroatoms. The van der Waals surface area contributed by atoms with E-state index in [4.69, 9.17) is 4.74 Å². The average molecular weight is 118 g/mol. The lowest BCUT2D eigenvalue weighted by Gasteiger charge is -2.02. The Bertz CT molecular complexity index is 74.6. The molecule has 0 aliphatic carbocycles. The molecule has 8 heavy (non-hydrogen) atoms. The Morgan fingerprint density at radius 1 is 1.50 bits per heavy atom. The van der Waals surface area contributed by atoms with Gasteiger partial charge in [-0.2, -0.15) is 0 Å². The van der Waals surface area contributed by atoms with E-state index < -0.39 is 6.17 Å². The first-order valence-corrected chi connectivity index (χ1v) is 2.99. The first-order chi connectivity index (χ1) is 3.70. The fraction of sp³-hybridized carbons (Fsp3) is 1.00. The van der Waals surface area contributed by atoms with Gasteiger partial charge in [-0.3, -0.25) is 0 Å². The van der Waals surface area contributed by atoms with Crippen LogP contribution in [0.1, 0.15) is 20.3 Å². The summed E-state index contributed by atoms with van der Waals surface area (Å²) < 4.78 is 17.5. The third kappa shape index (κ3) is 0.996. The molecule has 3 atom stereocenters. The quantitative estimate of drug-likeness (QED) is 0.468. The van der Waals surface area contributed by atoms with Gasteiger partial charge in [-0.05, 0) is 13.8 Å². The molecule has 0 N–H and O–H groups in total. The minimum absolute atomic E-state index is 0.125. The molecule has 1 rings (SSSR count). The molecule has 0 aromatic carbocycles. The topological polar surface area (TPSA) is 9.23 Å². The Morgan fingerprint density at radius 3 is 2.25 bits per heavy atom. The summed E-state index contributed by atoms with van der Waals surface area (Å²) in [6.45, 7) is 3.67. The zero-order valence-corrected chi connectivity index (χ0v) is 5.23. The highest BCUT2D eigenvalue weighted by atomic mass is 19.1. The van der Waals surface area contributed by atoms with Crippen molar-refractivity contribution >= 4 is 0 Å². The van der Waals surface area contributed by atoms with E-state index in [1.807, 2.05) is 6.92 Å². The van der Waals surface area contributed by atoms with E-state index in [0.717, 1.165) is 0 Å². The second-order valence-corrected chi connectivity index (χ2v) is 2.40. The van der Waals surface area contributed by atoms with E-state index in [-0.39, 0.29) is 12.2 Å². The normalized spacial score (nSPS) is 47.6. The molecule has 0 saturated carbocycles. The van der Waals surface area contributed by atoms with Crippen molar-refractivity contribution in [2.45, 2.75) is 38.6 Å². The van der Waals surface area contributed by atoms with Crippen molar-refractivity contribution in [3.05, 3.63) is 0 Å². The SMILES string of the molecule is CC1CC(F)C(C)O1. The van der Waals surface area contributed by atoms with Crippen molar-refractivity contribution in [3.63, 3.8) is 0 Å². The Balaban J connectivity index is 2.39. The largest absolute Gasteiger partial charge is 0.372 e. The highest BCUT2D eigenvalue weighted by Gasteiger charge is 2.28. The van der Waals surface area contributed by atoms with Crippen LogP contribution in [0.15, 0.2) is 0 Å². The average Bonchev–Trinajstić information content (AvgIpc) is 1.85. The molecule has 3 unspecified atom stereocenters. The Labute approximate surface area is 48.8 Å². The highest BCUT2D eigenvalue weighted by Crippen LogP contribution is 2.21. The van der Waals surface area contributed by atoms with Gasteiger partial charge in [-0.1, -0.05) is 0 Å². The molecule has 1 fully saturated rings. The van der Waals surface area contributed by atoms with Gasteiger partial charge in [0, 0.05) is 6.42 Å². The monoisotopic (exact) mass is 118 g/mol. The minimum Gasteiger partial charge on any atom is -0.372 e. The van der Waals surface area contributed by atoms with Gasteiger partial charge in [-0.25, -0.2) is 4.39 Å². The van der Waals surface area contributed by atoms with Gasteiger partial charge in [-0.15, -0.1) is 0 Å². The van der Waals surface area contributed by atoms with E-state index >= 15 is 0 Å². The van der Waals surface area contributed by atoms with Crippen LogP contribution in [0.2, 0.25) is 0 Å². The van der Waals surface area contributed by atoms with E-state index in [9.17, 15) is 4.39 Å². The Hall–Kier alpha value is -0.110. The van der Waals surface area contributed by atoms with Crippen LogP contribution in [0.5, 0.6) is 0 Å². The fourth-order valence-electron chi connectivity index (χ4n) is 1.02. The summed E-state index contributed by atoms with van der Waals surface area (Å²) in [5, 5.41) is 0. The van der Waals surface area contributed by atoms with Crippen molar-refractivity contribution < 1.29 is 9.13 Å². The van der Waals surface area contributed by atoms with Crippen molar-refractivity contribution in [1.29, 1.82) is 0 Å². The van der Waals surface area contributed by atoms with Crippen LogP contribution >= 0.6 is 0 Å². The smallest absolute Gasteiger partial charge is 0.128 e. The maximum Gasteiger partial charge on any atom is 0.128 e. The zero-order chi connectivity index (χ0) is 6.15. The Kier molecular flexibility index (Phi) is 1.52. The number of rotatable bonds is 0. The molecule has 0 aromatic rings. The molecule has 0 bridgehead atoms. The maximum atomic E-state index is 12.4. The molecule has 0 amide bonds. The van der Waals surface area contributed by atoms with Gasteiger partial charge in [0.25, 0.3) is 0 Å². The van der Waals surface area contributed by atoms with Crippen molar-refractivity contribution in [3.8, 4) is 0 Å². The van der Waals surface area contributed by atoms with E-state index in [1.54, 1.807) is 6.92 Å². The molecule has 0 radical (unpaired) electrons. The van der Waals surface area contributed by atoms with Gasteiger partial charge in [0.1, 0.15) is 6.17 Å². The van der Waals surface area contributed by atoms with Crippen molar-refractivity contribution in [2.75, 3.05) is 0 Å². The van der Waals surface area contributed by atoms with E-state index in [0.29, 0.717) is 6.42 Å². The van der Waals surface area contributed by atoms with Crippen LogP contribution < -0.4 is 0 Å². The van der Waals surface area contributed by atoms with E-state index in [2.05, 4.69) is 0 Å². The van der Waals surface area contributed by atoms with Crippen molar-refractivity contribution in [1.82, 2.24) is 0 Å². The lowest BCUT2D eigenvalue weighted by atomic mass is 10.2. The summed E-state index contributed by atoms with van der Waals surface area (Å²) in [4.78, 5) is 0. The summed E-state index contributed by atoms with van der Waals surface area (Å²) in [7, 11) is 0. The third-order valence-corrected chi connectivity index (χ3v) is 1.51. The predicted molar refractivity (Wildman–Crippen MR) is 29.5 cm³/mol. The lowest BCUT2D eigenvalue weighted by Crippen LogP contribution is -2.10. The predicted octanol–water partition coefficient (Wildman–Crippen LogP) is 1.52. The molecule has 1 aliphatic heterocycles. The van der Waals surface area contributed by atoms with Crippen LogP contribution in [0, 0.1) is 0 Å².